The molecule has 86 valence electrons. The van der Waals surface area contributed by atoms with Gasteiger partial charge in [0.15, 0.2) is 0 Å². The molecule has 0 aromatic heterocycles. The predicted octanol–water partition coefficient (Wildman–Crippen LogP) is 4.67. The summed E-state index contributed by atoms with van der Waals surface area (Å²) in [5, 5.41) is 0. The normalized spacial score (nSPS) is 21.0. The Balaban J connectivity index is 2.16. The maximum Gasteiger partial charge on any atom is 0.130 e. The Morgan fingerprint density at radius 1 is 1.25 bits per heavy atom. The fourth-order valence-corrected chi connectivity index (χ4v) is 2.43. The minimum absolute atomic E-state index is 0.0863. The summed E-state index contributed by atoms with van der Waals surface area (Å²) in [6.07, 6.45) is 5.54. The van der Waals surface area contributed by atoms with E-state index in [0.717, 1.165) is 30.2 Å². The quantitative estimate of drug-likeness (QED) is 0.677. The Kier molecular flexibility index (Phi) is 3.42. The third-order valence-electron chi connectivity index (χ3n) is 3.61. The van der Waals surface area contributed by atoms with E-state index in [1.165, 1.54) is 12.0 Å². The Labute approximate surface area is 97.2 Å². The molecule has 1 aromatic rings. The van der Waals surface area contributed by atoms with Gasteiger partial charge >= 0.3 is 0 Å². The SMILES string of the molecule is CC(C)C1CC=C(c2ccccc2F)CC1. The van der Waals surface area contributed by atoms with Crippen LogP contribution in [-0.2, 0) is 0 Å². The Morgan fingerprint density at radius 3 is 2.56 bits per heavy atom. The summed E-state index contributed by atoms with van der Waals surface area (Å²) in [6.45, 7) is 4.54. The summed E-state index contributed by atoms with van der Waals surface area (Å²) >= 11 is 0. The van der Waals surface area contributed by atoms with E-state index in [0.29, 0.717) is 0 Å². The van der Waals surface area contributed by atoms with E-state index in [1.807, 2.05) is 12.1 Å². The van der Waals surface area contributed by atoms with Crippen LogP contribution in [0.3, 0.4) is 0 Å². The maximum absolute atomic E-state index is 13.6. The second-order valence-corrected chi connectivity index (χ2v) is 4.99. The highest BCUT2D eigenvalue weighted by atomic mass is 19.1. The van der Waals surface area contributed by atoms with Crippen molar-refractivity contribution in [3.63, 3.8) is 0 Å². The number of rotatable bonds is 2. The van der Waals surface area contributed by atoms with Gasteiger partial charge in [0, 0.05) is 5.56 Å². The van der Waals surface area contributed by atoms with E-state index in [9.17, 15) is 4.39 Å². The first-order chi connectivity index (χ1) is 7.68. The van der Waals surface area contributed by atoms with Crippen molar-refractivity contribution in [1.29, 1.82) is 0 Å². The van der Waals surface area contributed by atoms with Crippen molar-refractivity contribution in [3.8, 4) is 0 Å². The van der Waals surface area contributed by atoms with Gasteiger partial charge in [-0.25, -0.2) is 4.39 Å². The summed E-state index contributed by atoms with van der Waals surface area (Å²) in [5.74, 6) is 1.42. The predicted molar refractivity (Wildman–Crippen MR) is 66.6 cm³/mol. The second-order valence-electron chi connectivity index (χ2n) is 4.99. The van der Waals surface area contributed by atoms with Gasteiger partial charge in [-0.2, -0.15) is 0 Å². The number of halogens is 1. The molecule has 1 aliphatic rings. The standard InChI is InChI=1S/C15H19F/c1-11(2)12-7-9-13(10-8-12)14-5-3-4-6-15(14)16/h3-6,9,11-12H,7-8,10H2,1-2H3. The minimum Gasteiger partial charge on any atom is -0.206 e. The average Bonchev–Trinajstić information content (AvgIpc) is 2.30. The highest BCUT2D eigenvalue weighted by Gasteiger charge is 2.19. The van der Waals surface area contributed by atoms with Crippen LogP contribution in [0.5, 0.6) is 0 Å². The molecule has 0 aliphatic heterocycles. The van der Waals surface area contributed by atoms with Gasteiger partial charge in [0.05, 0.1) is 0 Å². The van der Waals surface area contributed by atoms with Gasteiger partial charge in [-0.15, -0.1) is 0 Å². The molecule has 1 aliphatic carbocycles. The Hall–Kier alpha value is -1.11. The van der Waals surface area contributed by atoms with Crippen LogP contribution in [0.15, 0.2) is 30.3 Å². The van der Waals surface area contributed by atoms with Crippen LogP contribution in [0, 0.1) is 17.7 Å². The van der Waals surface area contributed by atoms with Crippen molar-refractivity contribution in [2.75, 3.05) is 0 Å². The summed E-state index contributed by atoms with van der Waals surface area (Å²) in [7, 11) is 0. The molecule has 0 fully saturated rings. The van der Waals surface area contributed by atoms with Gasteiger partial charge in [-0.05, 0) is 42.7 Å². The molecule has 0 bridgehead atoms. The summed E-state index contributed by atoms with van der Waals surface area (Å²) in [6, 6.07) is 7.09. The molecule has 1 atom stereocenters. The summed E-state index contributed by atoms with van der Waals surface area (Å²) in [4.78, 5) is 0. The molecule has 0 heterocycles. The molecule has 2 rings (SSSR count). The number of allylic oxidation sites excluding steroid dienone is 2. The van der Waals surface area contributed by atoms with Gasteiger partial charge in [-0.3, -0.25) is 0 Å². The lowest BCUT2D eigenvalue weighted by Crippen LogP contribution is -2.11. The van der Waals surface area contributed by atoms with E-state index >= 15 is 0 Å². The first-order valence-corrected chi connectivity index (χ1v) is 6.12. The zero-order valence-corrected chi connectivity index (χ0v) is 10.0. The van der Waals surface area contributed by atoms with Crippen LogP contribution >= 0.6 is 0 Å². The van der Waals surface area contributed by atoms with Crippen molar-refractivity contribution in [1.82, 2.24) is 0 Å². The molecule has 1 heteroatoms. The third-order valence-corrected chi connectivity index (χ3v) is 3.61. The lowest BCUT2D eigenvalue weighted by molar-refractivity contribution is 0.359. The number of hydrogen-bond acceptors (Lipinski definition) is 0. The zero-order chi connectivity index (χ0) is 11.5. The molecule has 1 aromatic carbocycles. The highest BCUT2D eigenvalue weighted by molar-refractivity contribution is 5.66. The van der Waals surface area contributed by atoms with Crippen molar-refractivity contribution >= 4 is 5.57 Å². The molecular formula is C15H19F. The largest absolute Gasteiger partial charge is 0.206 e. The lowest BCUT2D eigenvalue weighted by Gasteiger charge is -2.25. The molecule has 0 saturated heterocycles. The molecule has 0 saturated carbocycles. The average molecular weight is 218 g/mol. The van der Waals surface area contributed by atoms with Gasteiger partial charge < -0.3 is 0 Å². The molecule has 0 amide bonds. The van der Waals surface area contributed by atoms with Gasteiger partial charge in [-0.1, -0.05) is 38.1 Å². The molecular weight excluding hydrogens is 199 g/mol. The topological polar surface area (TPSA) is 0 Å². The lowest BCUT2D eigenvalue weighted by atomic mass is 9.81. The van der Waals surface area contributed by atoms with Crippen molar-refractivity contribution in [2.24, 2.45) is 11.8 Å². The van der Waals surface area contributed by atoms with E-state index in [1.54, 1.807) is 12.1 Å². The van der Waals surface area contributed by atoms with Gasteiger partial charge in [0.2, 0.25) is 0 Å². The van der Waals surface area contributed by atoms with Crippen LogP contribution in [-0.4, -0.2) is 0 Å². The summed E-state index contributed by atoms with van der Waals surface area (Å²) < 4.78 is 13.6. The smallest absolute Gasteiger partial charge is 0.130 e. The molecule has 0 spiro atoms. The van der Waals surface area contributed by atoms with Crippen LogP contribution in [0.4, 0.5) is 4.39 Å². The first-order valence-electron chi connectivity index (χ1n) is 6.12. The Morgan fingerprint density at radius 2 is 2.00 bits per heavy atom. The molecule has 1 unspecified atom stereocenters. The maximum atomic E-state index is 13.6. The van der Waals surface area contributed by atoms with Crippen molar-refractivity contribution in [3.05, 3.63) is 41.7 Å². The number of benzene rings is 1. The molecule has 16 heavy (non-hydrogen) atoms. The van der Waals surface area contributed by atoms with E-state index in [4.69, 9.17) is 0 Å². The first kappa shape index (κ1) is 11.4. The van der Waals surface area contributed by atoms with E-state index in [2.05, 4.69) is 19.9 Å². The van der Waals surface area contributed by atoms with Crippen LogP contribution in [0.25, 0.3) is 5.57 Å². The molecule has 0 N–H and O–H groups in total. The van der Waals surface area contributed by atoms with E-state index < -0.39 is 0 Å². The van der Waals surface area contributed by atoms with Crippen LogP contribution in [0.1, 0.15) is 38.7 Å². The van der Waals surface area contributed by atoms with Crippen molar-refractivity contribution < 1.29 is 4.39 Å². The fraction of sp³-hybridized carbons (Fsp3) is 0.467. The zero-order valence-electron chi connectivity index (χ0n) is 10.0. The number of hydrogen-bond donors (Lipinski definition) is 0. The molecule has 0 nitrogen and oxygen atoms in total. The monoisotopic (exact) mass is 218 g/mol. The summed E-state index contributed by atoms with van der Waals surface area (Å²) in [5.41, 5.74) is 1.99. The van der Waals surface area contributed by atoms with Crippen LogP contribution in [0.2, 0.25) is 0 Å². The second kappa shape index (κ2) is 4.82. The van der Waals surface area contributed by atoms with E-state index in [-0.39, 0.29) is 5.82 Å². The van der Waals surface area contributed by atoms with Crippen molar-refractivity contribution in [2.45, 2.75) is 33.1 Å². The van der Waals surface area contributed by atoms with Gasteiger partial charge in [0.25, 0.3) is 0 Å². The van der Waals surface area contributed by atoms with Crippen LogP contribution < -0.4 is 0 Å². The Bertz CT molecular complexity index is 390. The third kappa shape index (κ3) is 2.34. The minimum atomic E-state index is -0.0863. The fourth-order valence-electron chi connectivity index (χ4n) is 2.43. The van der Waals surface area contributed by atoms with Gasteiger partial charge in [0.1, 0.15) is 5.82 Å². The molecule has 0 radical (unpaired) electrons. The highest BCUT2D eigenvalue weighted by Crippen LogP contribution is 2.34.